The minimum atomic E-state index is 0.163. The monoisotopic (exact) mass is 400 g/mol. The molecule has 3 rings (SSSR count). The number of piperazine rings is 1. The lowest BCUT2D eigenvalue weighted by Gasteiger charge is -2.41. The van der Waals surface area contributed by atoms with Crippen molar-refractivity contribution in [3.8, 4) is 17.2 Å². The van der Waals surface area contributed by atoms with Crippen molar-refractivity contribution < 1.29 is 19.7 Å². The van der Waals surface area contributed by atoms with Crippen LogP contribution < -0.4 is 9.47 Å². The van der Waals surface area contributed by atoms with E-state index in [0.29, 0.717) is 18.9 Å². The molecule has 2 N–H and O–H groups in total. The number of phenolic OH excluding ortho intramolecular Hbond substituents is 1. The quantitative estimate of drug-likeness (QED) is 0.675. The molecule has 2 aromatic carbocycles. The summed E-state index contributed by atoms with van der Waals surface area (Å²) in [7, 11) is 1.59. The van der Waals surface area contributed by atoms with Crippen LogP contribution in [0, 0.1) is 0 Å². The van der Waals surface area contributed by atoms with Crippen molar-refractivity contribution in [3.63, 3.8) is 0 Å². The Hall–Kier alpha value is -2.28. The highest BCUT2D eigenvalue weighted by Crippen LogP contribution is 2.27. The number of methoxy groups -OCH3 is 1. The highest BCUT2D eigenvalue weighted by molar-refractivity contribution is 5.39. The third kappa shape index (κ3) is 5.63. The summed E-state index contributed by atoms with van der Waals surface area (Å²) in [6, 6.07) is 13.9. The summed E-state index contributed by atoms with van der Waals surface area (Å²) in [5.41, 5.74) is 2.07. The molecule has 2 aromatic rings. The number of phenols is 1. The average Bonchev–Trinajstić information content (AvgIpc) is 2.73. The van der Waals surface area contributed by atoms with Gasteiger partial charge in [-0.1, -0.05) is 24.3 Å². The fourth-order valence-corrected chi connectivity index (χ4v) is 3.93. The Kier molecular flexibility index (Phi) is 7.75. The van der Waals surface area contributed by atoms with Crippen LogP contribution in [-0.4, -0.2) is 66.0 Å². The highest BCUT2D eigenvalue weighted by atomic mass is 16.5. The summed E-state index contributed by atoms with van der Waals surface area (Å²) in [5.74, 6) is 1.85. The van der Waals surface area contributed by atoms with Gasteiger partial charge in [0.2, 0.25) is 0 Å². The van der Waals surface area contributed by atoms with E-state index in [2.05, 4.69) is 15.9 Å². The second-order valence-electron chi connectivity index (χ2n) is 7.41. The van der Waals surface area contributed by atoms with Crippen LogP contribution in [0.15, 0.2) is 42.5 Å². The van der Waals surface area contributed by atoms with Gasteiger partial charge in [0, 0.05) is 62.6 Å². The molecule has 0 saturated carbocycles. The lowest BCUT2D eigenvalue weighted by Crippen LogP contribution is -2.52. The molecular formula is C23H32N2O4. The van der Waals surface area contributed by atoms with Gasteiger partial charge in [-0.25, -0.2) is 0 Å². The van der Waals surface area contributed by atoms with Gasteiger partial charge < -0.3 is 19.7 Å². The molecule has 0 bridgehead atoms. The first-order chi connectivity index (χ1) is 14.1. The lowest BCUT2D eigenvalue weighted by molar-refractivity contribution is 0.0490. The van der Waals surface area contributed by atoms with Gasteiger partial charge >= 0.3 is 0 Å². The van der Waals surface area contributed by atoms with Crippen LogP contribution in [0.25, 0.3) is 0 Å². The molecule has 1 aliphatic heterocycles. The highest BCUT2D eigenvalue weighted by Gasteiger charge is 2.27. The number of benzene rings is 2. The maximum atomic E-state index is 10.3. The topological polar surface area (TPSA) is 65.4 Å². The molecule has 6 nitrogen and oxygen atoms in total. The number of nitrogens with zero attached hydrogens (tertiary/aromatic N) is 2. The lowest BCUT2D eigenvalue weighted by atomic mass is 10.1. The molecule has 1 atom stereocenters. The van der Waals surface area contributed by atoms with Crippen LogP contribution in [0.1, 0.15) is 24.5 Å². The molecule has 0 spiro atoms. The Bertz CT molecular complexity index is 783. The van der Waals surface area contributed by atoms with Gasteiger partial charge in [0.05, 0.1) is 13.7 Å². The summed E-state index contributed by atoms with van der Waals surface area (Å²) in [5, 5.41) is 19.9. The van der Waals surface area contributed by atoms with Crippen molar-refractivity contribution >= 4 is 0 Å². The minimum absolute atomic E-state index is 0.163. The first kappa shape index (κ1) is 21.4. The van der Waals surface area contributed by atoms with Crippen LogP contribution in [0.2, 0.25) is 0 Å². The number of para-hydroxylation sites is 1. The summed E-state index contributed by atoms with van der Waals surface area (Å²) in [4.78, 5) is 4.77. The summed E-state index contributed by atoms with van der Waals surface area (Å²) in [6.07, 6.45) is 0.724. The Balaban J connectivity index is 1.66. The summed E-state index contributed by atoms with van der Waals surface area (Å²) in [6.45, 7) is 6.96. The predicted molar refractivity (Wildman–Crippen MR) is 113 cm³/mol. The molecule has 0 radical (unpaired) electrons. The number of aromatic hydroxyl groups is 1. The average molecular weight is 401 g/mol. The van der Waals surface area contributed by atoms with Crippen molar-refractivity contribution in [1.82, 2.24) is 9.80 Å². The molecular weight excluding hydrogens is 368 g/mol. The fourth-order valence-electron chi connectivity index (χ4n) is 3.93. The smallest absolute Gasteiger partial charge is 0.123 e. The van der Waals surface area contributed by atoms with Gasteiger partial charge in [0.15, 0.2) is 0 Å². The SMILES string of the molecule is CCOc1ccccc1CN1CCN(Cc2ccc(OC)cc2O)C[C@H]1CCO. The first-order valence-corrected chi connectivity index (χ1v) is 10.3. The maximum absolute atomic E-state index is 10.3. The van der Waals surface area contributed by atoms with Crippen molar-refractivity contribution in [3.05, 3.63) is 53.6 Å². The van der Waals surface area contributed by atoms with Crippen LogP contribution >= 0.6 is 0 Å². The second kappa shape index (κ2) is 10.5. The first-order valence-electron chi connectivity index (χ1n) is 10.3. The molecule has 1 heterocycles. The number of hydrogen-bond donors (Lipinski definition) is 2. The Morgan fingerprint density at radius 3 is 2.62 bits per heavy atom. The van der Waals surface area contributed by atoms with Crippen LogP contribution in [0.4, 0.5) is 0 Å². The van der Waals surface area contributed by atoms with Crippen molar-refractivity contribution in [2.75, 3.05) is 40.0 Å². The largest absolute Gasteiger partial charge is 0.507 e. The zero-order chi connectivity index (χ0) is 20.6. The third-order valence-electron chi connectivity index (χ3n) is 5.48. The number of aliphatic hydroxyl groups excluding tert-OH is 1. The van der Waals surface area contributed by atoms with Crippen molar-refractivity contribution in [2.45, 2.75) is 32.5 Å². The van der Waals surface area contributed by atoms with Crippen LogP contribution in [0.3, 0.4) is 0 Å². The van der Waals surface area contributed by atoms with Gasteiger partial charge in [-0.15, -0.1) is 0 Å². The van der Waals surface area contributed by atoms with E-state index in [-0.39, 0.29) is 18.4 Å². The molecule has 0 amide bonds. The second-order valence-corrected chi connectivity index (χ2v) is 7.41. The van der Waals surface area contributed by atoms with E-state index < -0.39 is 0 Å². The van der Waals surface area contributed by atoms with Gasteiger partial charge in [-0.3, -0.25) is 9.80 Å². The van der Waals surface area contributed by atoms with Gasteiger partial charge in [0.25, 0.3) is 0 Å². The third-order valence-corrected chi connectivity index (χ3v) is 5.48. The van der Waals surface area contributed by atoms with E-state index in [1.54, 1.807) is 13.2 Å². The molecule has 1 saturated heterocycles. The van der Waals surface area contributed by atoms with Crippen LogP contribution in [-0.2, 0) is 13.1 Å². The molecule has 1 aliphatic rings. The number of rotatable bonds is 9. The predicted octanol–water partition coefficient (Wildman–Crippen LogP) is 2.87. The van der Waals surface area contributed by atoms with Gasteiger partial charge in [0.1, 0.15) is 17.2 Å². The van der Waals surface area contributed by atoms with Crippen LogP contribution in [0.5, 0.6) is 17.2 Å². The molecule has 0 aromatic heterocycles. The number of hydrogen-bond acceptors (Lipinski definition) is 6. The van der Waals surface area contributed by atoms with Crippen molar-refractivity contribution in [2.24, 2.45) is 0 Å². The molecule has 0 aliphatic carbocycles. The van der Waals surface area contributed by atoms with E-state index in [1.807, 2.05) is 37.3 Å². The van der Waals surface area contributed by atoms with E-state index >= 15 is 0 Å². The zero-order valence-corrected chi connectivity index (χ0v) is 17.4. The summed E-state index contributed by atoms with van der Waals surface area (Å²) < 4.78 is 10.9. The Labute approximate surface area is 173 Å². The maximum Gasteiger partial charge on any atom is 0.123 e. The number of aliphatic hydroxyl groups is 1. The Morgan fingerprint density at radius 1 is 1.07 bits per heavy atom. The van der Waals surface area contributed by atoms with E-state index in [1.165, 1.54) is 5.56 Å². The molecule has 158 valence electrons. The molecule has 29 heavy (non-hydrogen) atoms. The molecule has 0 unspecified atom stereocenters. The van der Waals surface area contributed by atoms with E-state index in [0.717, 1.165) is 43.9 Å². The molecule has 1 fully saturated rings. The van der Waals surface area contributed by atoms with E-state index in [4.69, 9.17) is 9.47 Å². The fraction of sp³-hybridized carbons (Fsp3) is 0.478. The minimum Gasteiger partial charge on any atom is -0.507 e. The van der Waals surface area contributed by atoms with Gasteiger partial charge in [-0.05, 0) is 25.5 Å². The van der Waals surface area contributed by atoms with Gasteiger partial charge in [-0.2, -0.15) is 0 Å². The zero-order valence-electron chi connectivity index (χ0n) is 17.4. The van der Waals surface area contributed by atoms with E-state index in [9.17, 15) is 10.2 Å². The normalized spacial score (nSPS) is 18.0. The van der Waals surface area contributed by atoms with Crippen molar-refractivity contribution in [1.29, 1.82) is 0 Å². The Morgan fingerprint density at radius 2 is 1.90 bits per heavy atom. The molecule has 6 heteroatoms. The standard InChI is InChI=1S/C23H32N2O4/c1-3-29-23-7-5-4-6-19(23)16-25-12-11-24(17-20(25)10-13-26)15-18-8-9-21(28-2)14-22(18)27/h4-9,14,20,26-27H,3,10-13,15-17H2,1-2H3/t20-/m1/s1. The summed E-state index contributed by atoms with van der Waals surface area (Å²) >= 11 is 0. The number of ether oxygens (including phenoxy) is 2.